The molecule has 1 saturated heterocycles. The first-order valence-corrected chi connectivity index (χ1v) is 6.56. The molecular weight excluding hydrogens is 220 g/mol. The Morgan fingerprint density at radius 1 is 1.64 bits per heavy atom. The molecule has 1 fully saturated rings. The van der Waals surface area contributed by atoms with Gasteiger partial charge in [-0.05, 0) is 0 Å². The van der Waals surface area contributed by atoms with Crippen molar-refractivity contribution < 1.29 is 9.59 Å². The second-order valence-electron chi connectivity index (χ2n) is 2.90. The summed E-state index contributed by atoms with van der Waals surface area (Å²) in [5.74, 6) is 2.38. The topological polar surface area (TPSA) is 58.2 Å². The number of carbonyl (C=O) groups excluding carboxylic acids is 2. The van der Waals surface area contributed by atoms with Gasteiger partial charge in [-0.2, -0.15) is 0 Å². The van der Waals surface area contributed by atoms with Crippen molar-refractivity contribution in [3.63, 3.8) is 0 Å². The van der Waals surface area contributed by atoms with Gasteiger partial charge in [0.2, 0.25) is 5.91 Å². The molecule has 1 atom stereocenters. The van der Waals surface area contributed by atoms with Gasteiger partial charge in [0.15, 0.2) is 5.12 Å². The van der Waals surface area contributed by atoms with Crippen LogP contribution in [0, 0.1) is 0 Å². The van der Waals surface area contributed by atoms with Crippen LogP contribution in [-0.4, -0.2) is 41.0 Å². The third-order valence-corrected chi connectivity index (χ3v) is 3.49. The van der Waals surface area contributed by atoms with Gasteiger partial charge in [0, 0.05) is 30.9 Å². The molecule has 80 valence electrons. The van der Waals surface area contributed by atoms with Crippen LogP contribution in [0.15, 0.2) is 0 Å². The first kappa shape index (κ1) is 11.9. The molecule has 1 amide bonds. The maximum Gasteiger partial charge on any atom is 0.238 e. The fourth-order valence-electron chi connectivity index (χ4n) is 1.06. The summed E-state index contributed by atoms with van der Waals surface area (Å²) in [6.07, 6.45) is 0. The number of hydrogen-bond donors (Lipinski definition) is 2. The maximum absolute atomic E-state index is 11.4. The number of carbonyl (C=O) groups is 2. The Morgan fingerprint density at radius 3 is 3.00 bits per heavy atom. The Morgan fingerprint density at radius 2 is 2.43 bits per heavy atom. The van der Waals surface area contributed by atoms with Gasteiger partial charge in [0.1, 0.15) is 0 Å². The van der Waals surface area contributed by atoms with Crippen LogP contribution in [0.2, 0.25) is 0 Å². The minimum Gasteiger partial charge on any atom is -0.354 e. The van der Waals surface area contributed by atoms with Crippen molar-refractivity contribution >= 4 is 34.5 Å². The molecule has 0 aromatic carbocycles. The third kappa shape index (κ3) is 4.34. The zero-order chi connectivity index (χ0) is 10.4. The van der Waals surface area contributed by atoms with E-state index in [4.69, 9.17) is 0 Å². The average molecular weight is 234 g/mol. The van der Waals surface area contributed by atoms with Gasteiger partial charge in [0.25, 0.3) is 0 Å². The summed E-state index contributed by atoms with van der Waals surface area (Å²) in [7, 11) is 0. The molecule has 0 bridgehead atoms. The van der Waals surface area contributed by atoms with E-state index in [1.165, 1.54) is 18.7 Å². The highest BCUT2D eigenvalue weighted by Crippen LogP contribution is 2.09. The normalized spacial score (nSPS) is 20.8. The van der Waals surface area contributed by atoms with E-state index in [0.29, 0.717) is 12.3 Å². The Balaban J connectivity index is 2.05. The van der Waals surface area contributed by atoms with Crippen molar-refractivity contribution in [2.45, 2.75) is 13.0 Å². The van der Waals surface area contributed by atoms with E-state index in [9.17, 15) is 9.59 Å². The fourth-order valence-corrected chi connectivity index (χ4v) is 2.49. The zero-order valence-electron chi connectivity index (χ0n) is 8.04. The summed E-state index contributed by atoms with van der Waals surface area (Å²) in [6.45, 7) is 2.09. The van der Waals surface area contributed by atoms with Crippen molar-refractivity contribution in [2.75, 3.05) is 23.9 Å². The largest absolute Gasteiger partial charge is 0.354 e. The minimum atomic E-state index is -0.0534. The summed E-state index contributed by atoms with van der Waals surface area (Å²) in [5, 5.41) is 5.97. The van der Waals surface area contributed by atoms with Gasteiger partial charge in [-0.3, -0.25) is 14.9 Å². The molecule has 0 saturated carbocycles. The molecule has 4 nitrogen and oxygen atoms in total. The van der Waals surface area contributed by atoms with Crippen LogP contribution < -0.4 is 10.6 Å². The number of rotatable bonds is 4. The van der Waals surface area contributed by atoms with Crippen molar-refractivity contribution in [2.24, 2.45) is 0 Å². The second kappa shape index (κ2) is 6.31. The van der Waals surface area contributed by atoms with Crippen LogP contribution in [0.1, 0.15) is 6.92 Å². The molecule has 1 aliphatic rings. The van der Waals surface area contributed by atoms with Crippen molar-refractivity contribution in [3.05, 3.63) is 0 Å². The van der Waals surface area contributed by atoms with Gasteiger partial charge >= 0.3 is 0 Å². The molecule has 1 heterocycles. The molecule has 1 rings (SSSR count). The lowest BCUT2D eigenvalue weighted by Gasteiger charge is -2.09. The van der Waals surface area contributed by atoms with Crippen LogP contribution in [-0.2, 0) is 9.59 Å². The van der Waals surface area contributed by atoms with Crippen LogP contribution >= 0.6 is 23.5 Å². The molecule has 0 aromatic rings. The molecule has 14 heavy (non-hydrogen) atoms. The van der Waals surface area contributed by atoms with Crippen LogP contribution in [0.4, 0.5) is 0 Å². The number of amides is 1. The Bertz CT molecular complexity index is 217. The molecule has 6 heteroatoms. The lowest BCUT2D eigenvalue weighted by atomic mass is 10.3. The molecule has 1 aliphatic heterocycles. The summed E-state index contributed by atoms with van der Waals surface area (Å²) in [6, 6.07) is -0.0534. The molecule has 0 unspecified atom stereocenters. The predicted molar refractivity (Wildman–Crippen MR) is 60.4 cm³/mol. The van der Waals surface area contributed by atoms with Gasteiger partial charge in [-0.25, -0.2) is 0 Å². The van der Waals surface area contributed by atoms with Gasteiger partial charge in [-0.15, -0.1) is 11.8 Å². The predicted octanol–water partition coefficient (Wildman–Crippen LogP) is 0.0448. The number of hydrogen-bond acceptors (Lipinski definition) is 5. The molecule has 0 aromatic heterocycles. The molecule has 2 N–H and O–H groups in total. The van der Waals surface area contributed by atoms with E-state index in [1.54, 1.807) is 11.8 Å². The number of nitrogens with one attached hydrogen (secondary N) is 2. The fraction of sp³-hybridized carbons (Fsp3) is 0.750. The Labute approximate surface area is 92.0 Å². The standard InChI is InChI=1S/C8H14N2O2S2/c1-6(11)14-3-2-9-8(12)7-4-13-5-10-7/h7,10H,2-5H2,1H3,(H,9,12)/t7-/m1/s1. The van der Waals surface area contributed by atoms with E-state index < -0.39 is 0 Å². The van der Waals surface area contributed by atoms with Crippen molar-refractivity contribution in [1.29, 1.82) is 0 Å². The summed E-state index contributed by atoms with van der Waals surface area (Å²) in [5.41, 5.74) is 0. The van der Waals surface area contributed by atoms with Gasteiger partial charge < -0.3 is 5.32 Å². The first-order valence-electron chi connectivity index (χ1n) is 4.42. The minimum absolute atomic E-state index is 0.0409. The first-order chi connectivity index (χ1) is 6.70. The maximum atomic E-state index is 11.4. The summed E-state index contributed by atoms with van der Waals surface area (Å²) in [4.78, 5) is 22.0. The van der Waals surface area contributed by atoms with Crippen LogP contribution in [0.25, 0.3) is 0 Å². The highest BCUT2D eigenvalue weighted by molar-refractivity contribution is 8.13. The van der Waals surface area contributed by atoms with Crippen LogP contribution in [0.5, 0.6) is 0 Å². The van der Waals surface area contributed by atoms with Gasteiger partial charge in [0.05, 0.1) is 6.04 Å². The molecular formula is C8H14N2O2S2. The van der Waals surface area contributed by atoms with E-state index in [1.807, 2.05) is 0 Å². The van der Waals surface area contributed by atoms with Crippen LogP contribution in [0.3, 0.4) is 0 Å². The van der Waals surface area contributed by atoms with E-state index >= 15 is 0 Å². The smallest absolute Gasteiger partial charge is 0.238 e. The Hall–Kier alpha value is -0.200. The van der Waals surface area contributed by atoms with Crippen molar-refractivity contribution in [3.8, 4) is 0 Å². The number of thioether (sulfide) groups is 2. The van der Waals surface area contributed by atoms with Crippen molar-refractivity contribution in [1.82, 2.24) is 10.6 Å². The third-order valence-electron chi connectivity index (χ3n) is 1.74. The summed E-state index contributed by atoms with van der Waals surface area (Å²) >= 11 is 2.96. The van der Waals surface area contributed by atoms with E-state index in [2.05, 4.69) is 10.6 Å². The van der Waals surface area contributed by atoms with E-state index in [-0.39, 0.29) is 17.1 Å². The highest BCUT2D eigenvalue weighted by Gasteiger charge is 2.21. The lowest BCUT2D eigenvalue weighted by Crippen LogP contribution is -2.42. The quantitative estimate of drug-likeness (QED) is 0.673. The molecule has 0 spiro atoms. The van der Waals surface area contributed by atoms with Gasteiger partial charge in [-0.1, -0.05) is 11.8 Å². The summed E-state index contributed by atoms with van der Waals surface area (Å²) < 4.78 is 0. The van der Waals surface area contributed by atoms with E-state index in [0.717, 1.165) is 11.6 Å². The highest BCUT2D eigenvalue weighted by atomic mass is 32.2. The zero-order valence-corrected chi connectivity index (χ0v) is 9.67. The second-order valence-corrected chi connectivity index (χ2v) is 5.21. The lowest BCUT2D eigenvalue weighted by molar-refractivity contribution is -0.122. The monoisotopic (exact) mass is 234 g/mol. The average Bonchev–Trinajstić information content (AvgIpc) is 2.64. The molecule has 0 radical (unpaired) electrons. The molecule has 0 aliphatic carbocycles. The SMILES string of the molecule is CC(=O)SCCNC(=O)[C@H]1CSCN1. The Kier molecular flexibility index (Phi) is 5.36.